The summed E-state index contributed by atoms with van der Waals surface area (Å²) in [4.78, 5) is 13.7. The Bertz CT molecular complexity index is 453. The van der Waals surface area contributed by atoms with Crippen LogP contribution in [0, 0.1) is 0 Å². The third-order valence-electron chi connectivity index (χ3n) is 2.90. The van der Waals surface area contributed by atoms with Crippen molar-refractivity contribution < 1.29 is 9.90 Å². The normalized spacial score (nSPS) is 20.0. The van der Waals surface area contributed by atoms with Crippen LogP contribution in [0.5, 0.6) is 0 Å². The second-order valence-corrected chi connectivity index (χ2v) is 4.89. The Labute approximate surface area is 111 Å². The predicted octanol–water partition coefficient (Wildman–Crippen LogP) is 0.927. The molecule has 0 radical (unpaired) electrons. The van der Waals surface area contributed by atoms with E-state index in [0.717, 1.165) is 13.0 Å². The van der Waals surface area contributed by atoms with Gasteiger partial charge in [0.15, 0.2) is 0 Å². The van der Waals surface area contributed by atoms with E-state index < -0.39 is 0 Å². The van der Waals surface area contributed by atoms with Crippen LogP contribution in [0.1, 0.15) is 6.42 Å². The number of nitrogens with zero attached hydrogens (tertiary/aromatic N) is 1. The standard InChI is InChI=1S/C12H16ClN3O2/c13-8-1-2-11(10(14)5-8)15-12(18)7-16-4-3-9(17)6-16/h1-2,5,9,17H,3-4,6-7,14H2,(H,15,18). The van der Waals surface area contributed by atoms with Crippen molar-refractivity contribution in [2.24, 2.45) is 0 Å². The average Bonchev–Trinajstić information content (AvgIpc) is 2.68. The third kappa shape index (κ3) is 3.35. The molecule has 1 amide bonds. The third-order valence-corrected chi connectivity index (χ3v) is 3.14. The molecule has 4 N–H and O–H groups in total. The second kappa shape index (κ2) is 5.56. The Morgan fingerprint density at radius 1 is 1.61 bits per heavy atom. The summed E-state index contributed by atoms with van der Waals surface area (Å²) in [5.74, 6) is -0.141. The van der Waals surface area contributed by atoms with Gasteiger partial charge in [0.2, 0.25) is 5.91 Å². The number of carbonyl (C=O) groups excluding carboxylic acids is 1. The van der Waals surface area contributed by atoms with Gasteiger partial charge in [-0.25, -0.2) is 0 Å². The van der Waals surface area contributed by atoms with Crippen molar-refractivity contribution in [2.45, 2.75) is 12.5 Å². The fourth-order valence-electron chi connectivity index (χ4n) is 2.00. The van der Waals surface area contributed by atoms with E-state index in [-0.39, 0.29) is 18.6 Å². The van der Waals surface area contributed by atoms with E-state index in [4.69, 9.17) is 17.3 Å². The zero-order valence-corrected chi connectivity index (χ0v) is 10.7. The van der Waals surface area contributed by atoms with Crippen molar-refractivity contribution >= 4 is 28.9 Å². The highest BCUT2D eigenvalue weighted by Crippen LogP contribution is 2.22. The summed E-state index contributed by atoms with van der Waals surface area (Å²) in [6, 6.07) is 4.94. The number of nitrogens with one attached hydrogen (secondary N) is 1. The number of aliphatic hydroxyl groups is 1. The molecule has 0 aliphatic carbocycles. The lowest BCUT2D eigenvalue weighted by Gasteiger charge is -2.15. The summed E-state index contributed by atoms with van der Waals surface area (Å²) in [5.41, 5.74) is 6.75. The number of carbonyl (C=O) groups is 1. The molecule has 0 aromatic heterocycles. The molecule has 5 nitrogen and oxygen atoms in total. The minimum Gasteiger partial charge on any atom is -0.397 e. The molecule has 98 valence electrons. The lowest BCUT2D eigenvalue weighted by Crippen LogP contribution is -2.32. The fourth-order valence-corrected chi connectivity index (χ4v) is 2.18. The largest absolute Gasteiger partial charge is 0.397 e. The van der Waals surface area contributed by atoms with Crippen LogP contribution in [-0.2, 0) is 4.79 Å². The van der Waals surface area contributed by atoms with Gasteiger partial charge in [0, 0.05) is 18.1 Å². The van der Waals surface area contributed by atoms with E-state index in [0.29, 0.717) is 22.9 Å². The van der Waals surface area contributed by atoms with E-state index in [2.05, 4.69) is 5.32 Å². The number of anilines is 2. The summed E-state index contributed by atoms with van der Waals surface area (Å²) in [6.07, 6.45) is 0.398. The van der Waals surface area contributed by atoms with Gasteiger partial charge >= 0.3 is 0 Å². The van der Waals surface area contributed by atoms with E-state index in [1.165, 1.54) is 0 Å². The van der Waals surface area contributed by atoms with Crippen molar-refractivity contribution in [2.75, 3.05) is 30.7 Å². The van der Waals surface area contributed by atoms with Gasteiger partial charge < -0.3 is 16.2 Å². The average molecular weight is 270 g/mol. The maximum atomic E-state index is 11.8. The number of halogens is 1. The number of aliphatic hydroxyl groups excluding tert-OH is 1. The van der Waals surface area contributed by atoms with Crippen LogP contribution in [0.2, 0.25) is 5.02 Å². The number of likely N-dealkylation sites (tertiary alicyclic amines) is 1. The van der Waals surface area contributed by atoms with Gasteiger partial charge in [-0.2, -0.15) is 0 Å². The molecule has 1 heterocycles. The molecule has 1 aromatic carbocycles. The number of hydrogen-bond donors (Lipinski definition) is 3. The molecule has 18 heavy (non-hydrogen) atoms. The monoisotopic (exact) mass is 269 g/mol. The number of benzene rings is 1. The number of nitrogens with two attached hydrogens (primary N) is 1. The molecule has 1 unspecified atom stereocenters. The second-order valence-electron chi connectivity index (χ2n) is 4.46. The zero-order valence-electron chi connectivity index (χ0n) is 9.90. The summed E-state index contributed by atoms with van der Waals surface area (Å²) in [5, 5.41) is 12.6. The smallest absolute Gasteiger partial charge is 0.238 e. The Hall–Kier alpha value is -1.30. The quantitative estimate of drug-likeness (QED) is 0.713. The van der Waals surface area contributed by atoms with Crippen molar-refractivity contribution in [3.05, 3.63) is 23.2 Å². The number of rotatable bonds is 3. The molecule has 0 saturated carbocycles. The van der Waals surface area contributed by atoms with Crippen molar-refractivity contribution in [1.29, 1.82) is 0 Å². The van der Waals surface area contributed by atoms with Gasteiger partial charge in [-0.3, -0.25) is 9.69 Å². The maximum absolute atomic E-state index is 11.8. The first-order valence-corrected chi connectivity index (χ1v) is 6.17. The van der Waals surface area contributed by atoms with Crippen molar-refractivity contribution in [1.82, 2.24) is 4.90 Å². The lowest BCUT2D eigenvalue weighted by atomic mass is 10.2. The molecule has 1 aliphatic rings. The highest BCUT2D eigenvalue weighted by atomic mass is 35.5. The van der Waals surface area contributed by atoms with Crippen molar-refractivity contribution in [3.8, 4) is 0 Å². The highest BCUT2D eigenvalue weighted by Gasteiger charge is 2.22. The molecule has 1 aliphatic heterocycles. The topological polar surface area (TPSA) is 78.6 Å². The molecule has 6 heteroatoms. The first-order valence-electron chi connectivity index (χ1n) is 5.80. The van der Waals surface area contributed by atoms with Crippen LogP contribution in [0.3, 0.4) is 0 Å². The molecule has 0 bridgehead atoms. The zero-order chi connectivity index (χ0) is 13.1. The summed E-state index contributed by atoms with van der Waals surface area (Å²) >= 11 is 5.78. The highest BCUT2D eigenvalue weighted by molar-refractivity contribution is 6.31. The molecular weight excluding hydrogens is 254 g/mol. The van der Waals surface area contributed by atoms with Crippen LogP contribution in [0.25, 0.3) is 0 Å². The van der Waals surface area contributed by atoms with Crippen LogP contribution in [0.15, 0.2) is 18.2 Å². The Morgan fingerprint density at radius 2 is 2.39 bits per heavy atom. The van der Waals surface area contributed by atoms with Gasteiger partial charge in [-0.15, -0.1) is 0 Å². The number of hydrogen-bond acceptors (Lipinski definition) is 4. The number of β-amino-alcohol motifs (C(OH)–C–C–N with tert-alkyl or cyclic N) is 1. The van der Waals surface area contributed by atoms with Gasteiger partial charge in [0.25, 0.3) is 0 Å². The summed E-state index contributed by atoms with van der Waals surface area (Å²) in [6.45, 7) is 1.55. The van der Waals surface area contributed by atoms with E-state index in [9.17, 15) is 9.90 Å². The Balaban J connectivity index is 1.91. The van der Waals surface area contributed by atoms with Crippen LogP contribution < -0.4 is 11.1 Å². The molecular formula is C12H16ClN3O2. The Morgan fingerprint density at radius 3 is 3.00 bits per heavy atom. The van der Waals surface area contributed by atoms with Crippen LogP contribution in [-0.4, -0.2) is 41.7 Å². The van der Waals surface area contributed by atoms with E-state index in [1.54, 1.807) is 18.2 Å². The van der Waals surface area contributed by atoms with Gasteiger partial charge in [0.1, 0.15) is 0 Å². The molecule has 1 atom stereocenters. The SMILES string of the molecule is Nc1cc(Cl)ccc1NC(=O)CN1CCC(O)C1. The van der Waals surface area contributed by atoms with E-state index >= 15 is 0 Å². The Kier molecular flexibility index (Phi) is 4.06. The molecule has 1 saturated heterocycles. The van der Waals surface area contributed by atoms with Crippen molar-refractivity contribution in [3.63, 3.8) is 0 Å². The minimum absolute atomic E-state index is 0.141. The van der Waals surface area contributed by atoms with Crippen LogP contribution >= 0.6 is 11.6 Å². The fraction of sp³-hybridized carbons (Fsp3) is 0.417. The number of amides is 1. The lowest BCUT2D eigenvalue weighted by molar-refractivity contribution is -0.117. The molecule has 0 spiro atoms. The predicted molar refractivity (Wildman–Crippen MR) is 71.6 cm³/mol. The first kappa shape index (κ1) is 13.1. The first-order chi connectivity index (χ1) is 8.54. The molecule has 1 fully saturated rings. The van der Waals surface area contributed by atoms with Gasteiger partial charge in [0.05, 0.1) is 24.0 Å². The van der Waals surface area contributed by atoms with E-state index in [1.807, 2.05) is 4.90 Å². The molecule has 1 aromatic rings. The summed E-state index contributed by atoms with van der Waals surface area (Å²) < 4.78 is 0. The van der Waals surface area contributed by atoms with Gasteiger partial charge in [-0.1, -0.05) is 11.6 Å². The molecule has 2 rings (SSSR count). The number of nitrogen functional groups attached to an aromatic ring is 1. The summed E-state index contributed by atoms with van der Waals surface area (Å²) in [7, 11) is 0. The van der Waals surface area contributed by atoms with Gasteiger partial charge in [-0.05, 0) is 24.6 Å². The minimum atomic E-state index is -0.321. The maximum Gasteiger partial charge on any atom is 0.238 e. The van der Waals surface area contributed by atoms with Crippen LogP contribution in [0.4, 0.5) is 11.4 Å².